The van der Waals surface area contributed by atoms with Crippen LogP contribution in [0.3, 0.4) is 0 Å². The van der Waals surface area contributed by atoms with Crippen molar-refractivity contribution < 1.29 is 23.2 Å². The Balaban J connectivity index is 1.61. The van der Waals surface area contributed by atoms with Crippen LogP contribution in [-0.2, 0) is 11.3 Å². The van der Waals surface area contributed by atoms with Crippen molar-refractivity contribution in [2.24, 2.45) is 0 Å². The number of anilines is 1. The molecule has 1 aliphatic heterocycles. The van der Waals surface area contributed by atoms with E-state index in [1.165, 1.54) is 34.9 Å². The molecule has 1 aliphatic rings. The molecule has 12 heteroatoms. The van der Waals surface area contributed by atoms with Crippen LogP contribution in [0.1, 0.15) is 38.4 Å². The monoisotopic (exact) mass is 487 g/mol. The second-order valence-electron chi connectivity index (χ2n) is 7.20. The van der Waals surface area contributed by atoms with Crippen molar-refractivity contribution in [3.8, 4) is 0 Å². The van der Waals surface area contributed by atoms with Gasteiger partial charge in [0.15, 0.2) is 17.9 Å². The van der Waals surface area contributed by atoms with Gasteiger partial charge in [0.05, 0.1) is 16.4 Å². The van der Waals surface area contributed by atoms with Crippen LogP contribution in [0.4, 0.5) is 14.6 Å². The highest BCUT2D eigenvalue weighted by molar-refractivity contribution is 7.13. The molecule has 3 heterocycles. The Morgan fingerprint density at radius 1 is 1.24 bits per heavy atom. The summed E-state index contributed by atoms with van der Waals surface area (Å²) in [6, 6.07) is 6.64. The second-order valence-corrected chi connectivity index (χ2v) is 8.41. The molecule has 166 valence electrons. The smallest absolute Gasteiger partial charge is 0.277 e. The van der Waals surface area contributed by atoms with E-state index in [1.54, 1.807) is 0 Å². The second kappa shape index (κ2) is 8.01. The molecule has 1 unspecified atom stereocenters. The lowest BCUT2D eigenvalue weighted by Gasteiger charge is -2.27. The zero-order valence-electron chi connectivity index (χ0n) is 16.4. The summed E-state index contributed by atoms with van der Waals surface area (Å²) in [5.74, 6) is -2.40. The summed E-state index contributed by atoms with van der Waals surface area (Å²) in [7, 11) is 0. The molecule has 4 aromatic rings. The van der Waals surface area contributed by atoms with Crippen LogP contribution >= 0.6 is 23.1 Å². The van der Waals surface area contributed by atoms with Gasteiger partial charge in [-0.1, -0.05) is 11.6 Å². The number of rotatable bonds is 4. The van der Waals surface area contributed by atoms with Gasteiger partial charge in [0.2, 0.25) is 5.91 Å². The third-order valence-electron chi connectivity index (χ3n) is 5.17. The largest absolute Gasteiger partial charge is 0.342 e. The molecule has 1 atom stereocenters. The first-order valence-electron chi connectivity index (χ1n) is 9.52. The normalized spacial score (nSPS) is 15.2. The van der Waals surface area contributed by atoms with Crippen LogP contribution in [0.5, 0.6) is 0 Å². The highest BCUT2D eigenvalue weighted by atomic mass is 35.5. The number of aromatic nitrogens is 3. The summed E-state index contributed by atoms with van der Waals surface area (Å²) >= 11 is 7.28. The predicted molar refractivity (Wildman–Crippen MR) is 117 cm³/mol. The average Bonchev–Trinajstić information content (AvgIpc) is 3.35. The molecule has 2 amide bonds. The Labute approximate surface area is 193 Å². The Bertz CT molecular complexity index is 1470. The molecular formula is C21H12ClF2N5O3S. The van der Waals surface area contributed by atoms with Crippen molar-refractivity contribution in [1.82, 2.24) is 19.2 Å². The van der Waals surface area contributed by atoms with E-state index in [0.717, 1.165) is 17.6 Å². The standard InChI is InChI=1S/C21H12ClF2N5O3S/c22-13-3-1-9(23)5-11(13)17-19-20(25-15(8-30)29(19)7-16(31)26-17)27-21(32)18-12-6-10(24)2-4-14(12)33-28-18/h1-6,8,17H,7H2,(H,26,31)(H,27,32). The molecule has 0 saturated heterocycles. The van der Waals surface area contributed by atoms with Crippen LogP contribution in [0, 0.1) is 11.6 Å². The summed E-state index contributed by atoms with van der Waals surface area (Å²) < 4.78 is 33.7. The quantitative estimate of drug-likeness (QED) is 0.427. The number of carbonyl (C=O) groups excluding carboxylic acids is 3. The van der Waals surface area contributed by atoms with Crippen molar-refractivity contribution in [2.45, 2.75) is 12.6 Å². The number of nitrogens with zero attached hydrogens (tertiary/aromatic N) is 3. The fourth-order valence-electron chi connectivity index (χ4n) is 3.74. The molecule has 2 aromatic heterocycles. The molecule has 0 aliphatic carbocycles. The number of halogens is 3. The third kappa shape index (κ3) is 3.64. The Morgan fingerprint density at radius 2 is 2.00 bits per heavy atom. The number of fused-ring (bicyclic) bond motifs is 2. The van der Waals surface area contributed by atoms with Gasteiger partial charge in [0.25, 0.3) is 5.91 Å². The molecule has 0 fully saturated rings. The van der Waals surface area contributed by atoms with E-state index in [9.17, 15) is 23.2 Å². The van der Waals surface area contributed by atoms with E-state index in [2.05, 4.69) is 20.0 Å². The first-order valence-corrected chi connectivity index (χ1v) is 10.7. The summed E-state index contributed by atoms with van der Waals surface area (Å²) in [5.41, 5.74) is 0.437. The van der Waals surface area contributed by atoms with Crippen LogP contribution in [-0.4, -0.2) is 32.0 Å². The van der Waals surface area contributed by atoms with E-state index in [1.807, 2.05) is 0 Å². The van der Waals surface area contributed by atoms with Crippen molar-refractivity contribution in [1.29, 1.82) is 0 Å². The van der Waals surface area contributed by atoms with Crippen LogP contribution in [0.15, 0.2) is 36.4 Å². The molecule has 5 rings (SSSR count). The number of aldehydes is 1. The first-order chi connectivity index (χ1) is 15.9. The summed E-state index contributed by atoms with van der Waals surface area (Å²) in [5, 5.41) is 5.78. The maximum atomic E-state index is 14.0. The van der Waals surface area contributed by atoms with E-state index in [-0.39, 0.29) is 40.2 Å². The van der Waals surface area contributed by atoms with Crippen LogP contribution in [0.25, 0.3) is 10.1 Å². The lowest BCUT2D eigenvalue weighted by Crippen LogP contribution is -2.40. The molecule has 2 aromatic carbocycles. The minimum Gasteiger partial charge on any atom is -0.342 e. The molecule has 8 nitrogen and oxygen atoms in total. The van der Waals surface area contributed by atoms with Crippen molar-refractivity contribution >= 4 is 57.1 Å². The minimum atomic E-state index is -0.990. The van der Waals surface area contributed by atoms with Gasteiger partial charge >= 0.3 is 0 Å². The van der Waals surface area contributed by atoms with Crippen molar-refractivity contribution in [3.05, 3.63) is 75.8 Å². The zero-order chi connectivity index (χ0) is 23.3. The highest BCUT2D eigenvalue weighted by Gasteiger charge is 2.34. The van der Waals surface area contributed by atoms with Crippen molar-refractivity contribution in [2.75, 3.05) is 5.32 Å². The Morgan fingerprint density at radius 3 is 2.79 bits per heavy atom. The number of hydrogen-bond donors (Lipinski definition) is 2. The first kappa shape index (κ1) is 21.2. The van der Waals surface area contributed by atoms with E-state index in [4.69, 9.17) is 11.6 Å². The Kier molecular flexibility index (Phi) is 5.14. The average molecular weight is 488 g/mol. The third-order valence-corrected chi connectivity index (χ3v) is 6.34. The topological polar surface area (TPSA) is 106 Å². The predicted octanol–water partition coefficient (Wildman–Crippen LogP) is 3.71. The maximum absolute atomic E-state index is 14.0. The lowest BCUT2D eigenvalue weighted by molar-refractivity contribution is -0.123. The number of nitrogens with one attached hydrogen (secondary N) is 2. The van der Waals surface area contributed by atoms with Crippen molar-refractivity contribution in [3.63, 3.8) is 0 Å². The van der Waals surface area contributed by atoms with Crippen LogP contribution < -0.4 is 10.6 Å². The number of amides is 2. The van der Waals surface area contributed by atoms with Gasteiger partial charge in [-0.3, -0.25) is 14.4 Å². The van der Waals surface area contributed by atoms with Gasteiger partial charge in [-0.25, -0.2) is 13.8 Å². The van der Waals surface area contributed by atoms with Gasteiger partial charge in [0.1, 0.15) is 23.9 Å². The highest BCUT2D eigenvalue weighted by Crippen LogP contribution is 2.36. The summed E-state index contributed by atoms with van der Waals surface area (Å²) in [6.07, 6.45) is 0.440. The number of hydrogen-bond acceptors (Lipinski definition) is 6. The molecule has 0 spiro atoms. The fourth-order valence-corrected chi connectivity index (χ4v) is 4.73. The number of carbonyl (C=O) groups is 3. The molecule has 0 radical (unpaired) electrons. The maximum Gasteiger partial charge on any atom is 0.277 e. The summed E-state index contributed by atoms with van der Waals surface area (Å²) in [4.78, 5) is 41.1. The minimum absolute atomic E-state index is 0.0240. The van der Waals surface area contributed by atoms with Gasteiger partial charge < -0.3 is 15.2 Å². The van der Waals surface area contributed by atoms with Crippen LogP contribution in [0.2, 0.25) is 5.02 Å². The van der Waals surface area contributed by atoms with E-state index < -0.39 is 29.5 Å². The molecule has 2 N–H and O–H groups in total. The van der Waals surface area contributed by atoms with Gasteiger partial charge in [-0.15, -0.1) is 0 Å². The molecule has 0 saturated carbocycles. The SMILES string of the molecule is O=Cc1nc(NC(=O)c2nsc3ccc(F)cc23)c2n1CC(=O)NC2c1cc(F)ccc1Cl. The van der Waals surface area contributed by atoms with Gasteiger partial charge in [0, 0.05) is 16.0 Å². The lowest BCUT2D eigenvalue weighted by atomic mass is 10.0. The van der Waals surface area contributed by atoms with Gasteiger partial charge in [-0.05, 0) is 47.9 Å². The molecule has 33 heavy (non-hydrogen) atoms. The van der Waals surface area contributed by atoms with Gasteiger partial charge in [-0.2, -0.15) is 4.37 Å². The molecule has 0 bridgehead atoms. The Hall–Kier alpha value is -3.70. The number of benzene rings is 2. The summed E-state index contributed by atoms with van der Waals surface area (Å²) in [6.45, 7) is -0.236. The molecular weight excluding hydrogens is 476 g/mol. The van der Waals surface area contributed by atoms with E-state index in [0.29, 0.717) is 16.4 Å². The zero-order valence-corrected chi connectivity index (χ0v) is 18.0. The fraction of sp³-hybridized carbons (Fsp3) is 0.0952. The number of imidazole rings is 1. The van der Waals surface area contributed by atoms with E-state index >= 15 is 0 Å².